The van der Waals surface area contributed by atoms with Crippen molar-refractivity contribution in [2.75, 3.05) is 33.4 Å². The van der Waals surface area contributed by atoms with Crippen molar-refractivity contribution in [3.8, 4) is 0 Å². The highest BCUT2D eigenvalue weighted by atomic mass is 16.5. The van der Waals surface area contributed by atoms with E-state index in [1.54, 1.807) is 7.11 Å². The van der Waals surface area contributed by atoms with Crippen molar-refractivity contribution in [1.29, 1.82) is 0 Å². The number of nitrogens with two attached hydrogens (primary N) is 1. The molecule has 1 aliphatic heterocycles. The molecule has 1 heterocycles. The highest BCUT2D eigenvalue weighted by Gasteiger charge is 2.30. The second kappa shape index (κ2) is 5.32. The lowest BCUT2D eigenvalue weighted by Crippen LogP contribution is -2.44. The van der Waals surface area contributed by atoms with Crippen LogP contribution in [0.4, 0.5) is 0 Å². The van der Waals surface area contributed by atoms with Crippen LogP contribution in [0.3, 0.4) is 0 Å². The zero-order valence-corrected chi connectivity index (χ0v) is 9.57. The topological polar surface area (TPSA) is 71.1 Å². The van der Waals surface area contributed by atoms with Crippen LogP contribution in [0.25, 0.3) is 0 Å². The summed E-state index contributed by atoms with van der Waals surface area (Å²) < 4.78 is 5.21. The summed E-state index contributed by atoms with van der Waals surface area (Å²) in [5.74, 6) is 0.283. The summed E-state index contributed by atoms with van der Waals surface area (Å²) in [5.41, 5.74) is 5.75. The third-order valence-corrected chi connectivity index (χ3v) is 3.07. The molecule has 0 aromatic carbocycles. The third kappa shape index (κ3) is 3.68. The van der Waals surface area contributed by atoms with E-state index in [-0.39, 0.29) is 11.3 Å². The standard InChI is InChI=1S/C10H21N3O2/c1-10(8-15-2)3-5-13(6-4-10)7-9(11)12-14/h14H,3-8H2,1-2H3,(H2,11,12). The highest BCUT2D eigenvalue weighted by molar-refractivity contribution is 5.81. The van der Waals surface area contributed by atoms with E-state index in [2.05, 4.69) is 17.0 Å². The molecule has 88 valence electrons. The van der Waals surface area contributed by atoms with E-state index in [0.29, 0.717) is 6.54 Å². The van der Waals surface area contributed by atoms with Gasteiger partial charge in [0.2, 0.25) is 0 Å². The van der Waals surface area contributed by atoms with Crippen LogP contribution in [0, 0.1) is 5.41 Å². The number of rotatable bonds is 4. The Morgan fingerprint density at radius 3 is 2.60 bits per heavy atom. The van der Waals surface area contributed by atoms with Gasteiger partial charge in [0.1, 0.15) is 0 Å². The van der Waals surface area contributed by atoms with Crippen LogP contribution in [-0.2, 0) is 4.74 Å². The van der Waals surface area contributed by atoms with Crippen LogP contribution in [0.5, 0.6) is 0 Å². The van der Waals surface area contributed by atoms with E-state index in [9.17, 15) is 0 Å². The summed E-state index contributed by atoms with van der Waals surface area (Å²) in [7, 11) is 1.74. The largest absolute Gasteiger partial charge is 0.409 e. The Bertz CT molecular complexity index is 223. The van der Waals surface area contributed by atoms with Crippen LogP contribution in [0.15, 0.2) is 5.16 Å². The lowest BCUT2D eigenvalue weighted by Gasteiger charge is -2.38. The minimum Gasteiger partial charge on any atom is -0.409 e. The maximum absolute atomic E-state index is 8.47. The van der Waals surface area contributed by atoms with E-state index in [1.807, 2.05) is 0 Å². The molecule has 0 bridgehead atoms. The molecule has 0 saturated carbocycles. The van der Waals surface area contributed by atoms with Crippen LogP contribution in [0.1, 0.15) is 19.8 Å². The summed E-state index contributed by atoms with van der Waals surface area (Å²) in [6.07, 6.45) is 2.19. The van der Waals surface area contributed by atoms with Crippen LogP contribution < -0.4 is 5.73 Å². The number of amidine groups is 1. The Balaban J connectivity index is 2.35. The first-order valence-corrected chi connectivity index (χ1v) is 5.27. The van der Waals surface area contributed by atoms with Crippen molar-refractivity contribution < 1.29 is 9.94 Å². The first-order valence-electron chi connectivity index (χ1n) is 5.27. The maximum Gasteiger partial charge on any atom is 0.153 e. The number of hydrogen-bond donors (Lipinski definition) is 2. The van der Waals surface area contributed by atoms with Crippen LogP contribution in [0.2, 0.25) is 0 Å². The molecule has 1 saturated heterocycles. The molecular formula is C10H21N3O2. The van der Waals surface area contributed by atoms with Gasteiger partial charge < -0.3 is 15.7 Å². The number of ether oxygens (including phenoxy) is 1. The van der Waals surface area contributed by atoms with E-state index in [4.69, 9.17) is 15.7 Å². The summed E-state index contributed by atoms with van der Waals surface area (Å²) in [5, 5.41) is 11.5. The molecule has 0 atom stereocenters. The van der Waals surface area contributed by atoms with E-state index < -0.39 is 0 Å². The molecule has 1 fully saturated rings. The molecule has 15 heavy (non-hydrogen) atoms. The smallest absolute Gasteiger partial charge is 0.153 e. The molecule has 1 aliphatic rings. The summed E-state index contributed by atoms with van der Waals surface area (Å²) >= 11 is 0. The molecule has 0 aliphatic carbocycles. The Hall–Kier alpha value is -0.810. The molecule has 0 aromatic rings. The number of nitrogens with zero attached hydrogens (tertiary/aromatic N) is 2. The lowest BCUT2D eigenvalue weighted by atomic mass is 9.81. The normalized spacial score (nSPS) is 22.9. The molecule has 0 radical (unpaired) electrons. The number of hydrogen-bond acceptors (Lipinski definition) is 4. The molecule has 0 spiro atoms. The monoisotopic (exact) mass is 215 g/mol. The Morgan fingerprint density at radius 1 is 1.53 bits per heavy atom. The first-order chi connectivity index (χ1) is 7.09. The van der Waals surface area contributed by atoms with E-state index in [0.717, 1.165) is 32.5 Å². The van der Waals surface area contributed by atoms with Crippen molar-refractivity contribution >= 4 is 5.84 Å². The number of methoxy groups -OCH3 is 1. The van der Waals surface area contributed by atoms with Crippen molar-refractivity contribution in [1.82, 2.24) is 4.90 Å². The van der Waals surface area contributed by atoms with Gasteiger partial charge in [-0.05, 0) is 31.3 Å². The van der Waals surface area contributed by atoms with Crippen LogP contribution >= 0.6 is 0 Å². The molecule has 0 aromatic heterocycles. The predicted octanol–water partition coefficient (Wildman–Crippen LogP) is 0.481. The Morgan fingerprint density at radius 2 is 2.13 bits per heavy atom. The molecule has 5 nitrogen and oxygen atoms in total. The fourth-order valence-corrected chi connectivity index (χ4v) is 2.00. The highest BCUT2D eigenvalue weighted by Crippen LogP contribution is 2.30. The number of oxime groups is 1. The zero-order chi connectivity index (χ0) is 11.3. The van der Waals surface area contributed by atoms with Gasteiger partial charge in [-0.3, -0.25) is 4.90 Å². The van der Waals surface area contributed by atoms with Gasteiger partial charge in [-0.1, -0.05) is 12.1 Å². The van der Waals surface area contributed by atoms with Crippen molar-refractivity contribution in [2.45, 2.75) is 19.8 Å². The molecular weight excluding hydrogens is 194 g/mol. The third-order valence-electron chi connectivity index (χ3n) is 3.07. The quantitative estimate of drug-likeness (QED) is 0.310. The van der Waals surface area contributed by atoms with Crippen LogP contribution in [-0.4, -0.2) is 49.3 Å². The van der Waals surface area contributed by atoms with Gasteiger partial charge in [0, 0.05) is 7.11 Å². The fourth-order valence-electron chi connectivity index (χ4n) is 2.00. The average Bonchev–Trinajstić information content (AvgIpc) is 2.22. The van der Waals surface area contributed by atoms with E-state index >= 15 is 0 Å². The van der Waals surface area contributed by atoms with Gasteiger partial charge in [0.05, 0.1) is 13.2 Å². The molecule has 0 amide bonds. The molecule has 5 heteroatoms. The van der Waals surface area contributed by atoms with Gasteiger partial charge in [0.25, 0.3) is 0 Å². The van der Waals surface area contributed by atoms with Gasteiger partial charge in [0.15, 0.2) is 5.84 Å². The van der Waals surface area contributed by atoms with Gasteiger partial charge in [-0.25, -0.2) is 0 Å². The lowest BCUT2D eigenvalue weighted by molar-refractivity contribution is 0.0385. The Labute approximate surface area is 90.9 Å². The maximum atomic E-state index is 8.47. The minimum absolute atomic E-state index is 0.283. The second-order valence-corrected chi connectivity index (χ2v) is 4.61. The molecule has 1 rings (SSSR count). The first kappa shape index (κ1) is 12.3. The average molecular weight is 215 g/mol. The van der Waals surface area contributed by atoms with E-state index in [1.165, 1.54) is 0 Å². The van der Waals surface area contributed by atoms with Gasteiger partial charge in [-0.15, -0.1) is 0 Å². The minimum atomic E-state index is 0.283. The SMILES string of the molecule is COCC1(C)CCN(C/C(N)=N/O)CC1. The number of likely N-dealkylation sites (tertiary alicyclic amines) is 1. The molecule has 0 unspecified atom stereocenters. The summed E-state index contributed by atoms with van der Waals surface area (Å²) in [6, 6.07) is 0. The number of piperidine rings is 1. The zero-order valence-electron chi connectivity index (χ0n) is 9.57. The van der Waals surface area contributed by atoms with Crippen molar-refractivity contribution in [3.63, 3.8) is 0 Å². The van der Waals surface area contributed by atoms with Crippen molar-refractivity contribution in [2.24, 2.45) is 16.3 Å². The summed E-state index contributed by atoms with van der Waals surface area (Å²) in [4.78, 5) is 2.20. The summed E-state index contributed by atoms with van der Waals surface area (Å²) in [6.45, 7) is 5.58. The fraction of sp³-hybridized carbons (Fsp3) is 0.900. The second-order valence-electron chi connectivity index (χ2n) is 4.61. The van der Waals surface area contributed by atoms with Gasteiger partial charge in [-0.2, -0.15) is 0 Å². The molecule has 3 N–H and O–H groups in total. The predicted molar refractivity (Wildman–Crippen MR) is 59.1 cm³/mol. The van der Waals surface area contributed by atoms with Crippen molar-refractivity contribution in [3.05, 3.63) is 0 Å². The van der Waals surface area contributed by atoms with Gasteiger partial charge >= 0.3 is 0 Å². The Kier molecular flexibility index (Phi) is 4.35.